The summed E-state index contributed by atoms with van der Waals surface area (Å²) in [4.78, 5) is 0. The van der Waals surface area contributed by atoms with E-state index in [1.165, 1.54) is 38.5 Å². The van der Waals surface area contributed by atoms with Crippen LogP contribution in [0.25, 0.3) is 0 Å². The predicted molar refractivity (Wildman–Crippen MR) is 122 cm³/mol. The lowest BCUT2D eigenvalue weighted by atomic mass is 9.38. The highest BCUT2D eigenvalue weighted by Gasteiger charge is 2.95. The molecule has 2 spiro atoms. The molecule has 0 aromatic rings. The molecule has 6 aliphatic rings. The van der Waals surface area contributed by atoms with Crippen molar-refractivity contribution in [1.29, 1.82) is 0 Å². The van der Waals surface area contributed by atoms with E-state index in [-0.39, 0.29) is 10.1 Å². The first-order valence-corrected chi connectivity index (χ1v) is 12.5. The summed E-state index contributed by atoms with van der Waals surface area (Å²) in [6.07, 6.45) is 8.12. The number of rotatable bonds is 0. The highest BCUT2D eigenvalue weighted by Crippen LogP contribution is 3.00. The van der Waals surface area contributed by atoms with Crippen molar-refractivity contribution in [3.8, 4) is 0 Å². The molecule has 2 radical (unpaired) electrons. The third-order valence-corrected chi connectivity index (χ3v) is 14.0. The van der Waals surface area contributed by atoms with Crippen molar-refractivity contribution in [3.05, 3.63) is 0 Å². The van der Waals surface area contributed by atoms with Gasteiger partial charge in [-0.1, -0.05) is 60.7 Å². The molecule has 0 saturated heterocycles. The van der Waals surface area contributed by atoms with E-state index in [0.29, 0.717) is 32.5 Å². The fourth-order valence-electron chi connectivity index (χ4n) is 12.9. The van der Waals surface area contributed by atoms with E-state index in [1.54, 1.807) is 0 Å². The molecule has 9 unspecified atom stereocenters. The molecule has 0 aromatic heterocycles. The van der Waals surface area contributed by atoms with Gasteiger partial charge in [0.05, 0.1) is 7.85 Å². The first-order chi connectivity index (χ1) is 12.5. The Bertz CT molecular complexity index is 794. The van der Waals surface area contributed by atoms with Gasteiger partial charge in [-0.25, -0.2) is 0 Å². The molecule has 0 heterocycles. The Kier molecular flexibility index (Phi) is 2.96. The van der Waals surface area contributed by atoms with E-state index in [2.05, 4.69) is 55.4 Å². The molecule has 0 amide bonds. The van der Waals surface area contributed by atoms with Crippen LogP contribution in [0.1, 0.15) is 93.9 Å². The average Bonchev–Trinajstić information content (AvgIpc) is 2.89. The van der Waals surface area contributed by atoms with Gasteiger partial charge in [0, 0.05) is 4.75 Å². The third kappa shape index (κ3) is 1.45. The SMILES string of the molecule is [B]C1(C)CC23CC4(S)C(C)(C)CC5(CC(C)(C)C6C5C2C1CCC6(C)C)C34C. The topological polar surface area (TPSA) is 0 Å². The van der Waals surface area contributed by atoms with Crippen molar-refractivity contribution in [1.82, 2.24) is 0 Å². The Morgan fingerprint density at radius 1 is 0.750 bits per heavy atom. The maximum atomic E-state index is 7.19. The molecule has 2 heteroatoms. The van der Waals surface area contributed by atoms with Gasteiger partial charge in [-0.3, -0.25) is 0 Å². The van der Waals surface area contributed by atoms with Gasteiger partial charge in [0.1, 0.15) is 0 Å². The van der Waals surface area contributed by atoms with E-state index >= 15 is 0 Å². The fourth-order valence-corrected chi connectivity index (χ4v) is 13.7. The molecule has 6 aliphatic carbocycles. The summed E-state index contributed by atoms with van der Waals surface area (Å²) < 4.78 is 0.187. The minimum Gasteiger partial charge on any atom is -0.171 e. The van der Waals surface area contributed by atoms with Crippen LogP contribution in [0.4, 0.5) is 0 Å². The number of hydrogen-bond acceptors (Lipinski definition) is 1. The van der Waals surface area contributed by atoms with Gasteiger partial charge < -0.3 is 0 Å². The monoisotopic (exact) mass is 396 g/mol. The molecular weight excluding hydrogens is 355 g/mol. The summed E-state index contributed by atoms with van der Waals surface area (Å²) in [5.74, 6) is 3.25. The lowest BCUT2D eigenvalue weighted by Crippen LogP contribution is -2.69. The van der Waals surface area contributed by atoms with Crippen LogP contribution in [0.3, 0.4) is 0 Å². The van der Waals surface area contributed by atoms with Crippen molar-refractivity contribution < 1.29 is 0 Å². The summed E-state index contributed by atoms with van der Waals surface area (Å²) in [7, 11) is 7.19. The maximum absolute atomic E-state index is 7.19. The van der Waals surface area contributed by atoms with Gasteiger partial charge in [-0.15, -0.1) is 0 Å². The van der Waals surface area contributed by atoms with Gasteiger partial charge in [0.2, 0.25) is 0 Å². The van der Waals surface area contributed by atoms with E-state index in [1.807, 2.05) is 0 Å². The Hall–Kier alpha value is 0.415. The molecule has 28 heavy (non-hydrogen) atoms. The number of hydrogen-bond donors (Lipinski definition) is 1. The second-order valence-corrected chi connectivity index (χ2v) is 15.8. The van der Waals surface area contributed by atoms with Gasteiger partial charge in [-0.2, -0.15) is 12.6 Å². The smallest absolute Gasteiger partial charge is 0.0746 e. The quantitative estimate of drug-likeness (QED) is 0.332. The Balaban J connectivity index is 1.68. The second-order valence-electron chi connectivity index (χ2n) is 15.0. The van der Waals surface area contributed by atoms with Gasteiger partial charge >= 0.3 is 0 Å². The van der Waals surface area contributed by atoms with Crippen molar-refractivity contribution in [2.45, 2.75) is 104 Å². The van der Waals surface area contributed by atoms with Crippen molar-refractivity contribution in [2.75, 3.05) is 0 Å². The largest absolute Gasteiger partial charge is 0.171 e. The minimum atomic E-state index is 0.0133. The summed E-state index contributed by atoms with van der Waals surface area (Å²) >= 11 is 5.63. The molecule has 6 saturated carbocycles. The van der Waals surface area contributed by atoms with Gasteiger partial charge in [-0.05, 0) is 94.7 Å². The van der Waals surface area contributed by atoms with Crippen molar-refractivity contribution >= 4 is 20.5 Å². The standard InChI is InChI=1S/C26H41BS/c1-19(2)10-9-15-16-17-18(19)20(3,4)11-24(17)12-21(5,6)26(28)14-25(16,23(24,26)8)13-22(15,7)27/h15-18,28H,9-14H2,1-8H3. The molecule has 0 bridgehead atoms. The lowest BCUT2D eigenvalue weighted by Gasteiger charge is -2.70. The normalized spacial score (nSPS) is 66.2. The van der Waals surface area contributed by atoms with Crippen LogP contribution in [-0.2, 0) is 0 Å². The first-order valence-electron chi connectivity index (χ1n) is 12.0. The van der Waals surface area contributed by atoms with E-state index in [9.17, 15) is 0 Å². The number of thiol groups is 1. The molecule has 6 fully saturated rings. The minimum absolute atomic E-state index is 0.0133. The van der Waals surface area contributed by atoms with Crippen LogP contribution in [0.5, 0.6) is 0 Å². The van der Waals surface area contributed by atoms with Gasteiger partial charge in [0.25, 0.3) is 0 Å². The van der Waals surface area contributed by atoms with E-state index < -0.39 is 0 Å². The van der Waals surface area contributed by atoms with Gasteiger partial charge in [0.15, 0.2) is 0 Å². The zero-order valence-electron chi connectivity index (χ0n) is 19.6. The molecule has 0 aliphatic heterocycles. The Morgan fingerprint density at radius 3 is 2.00 bits per heavy atom. The van der Waals surface area contributed by atoms with Crippen LogP contribution in [-0.4, -0.2) is 12.6 Å². The summed E-state index contributed by atoms with van der Waals surface area (Å²) in [6.45, 7) is 20.7. The maximum Gasteiger partial charge on any atom is 0.0746 e. The predicted octanol–water partition coefficient (Wildman–Crippen LogP) is 6.95. The van der Waals surface area contributed by atoms with Crippen LogP contribution >= 0.6 is 12.6 Å². The molecule has 0 N–H and O–H groups in total. The molecule has 0 aromatic carbocycles. The lowest BCUT2D eigenvalue weighted by molar-refractivity contribution is -0.144. The summed E-state index contributed by atoms with van der Waals surface area (Å²) in [5, 5.41) is 0.0133. The summed E-state index contributed by atoms with van der Waals surface area (Å²) in [5.41, 5.74) is 2.46. The average molecular weight is 396 g/mol. The fraction of sp³-hybridized carbons (Fsp3) is 1.00. The zero-order valence-corrected chi connectivity index (χ0v) is 20.5. The summed E-state index contributed by atoms with van der Waals surface area (Å²) in [6, 6.07) is 0. The Labute approximate surface area is 180 Å². The zero-order chi connectivity index (χ0) is 20.6. The molecule has 154 valence electrons. The third-order valence-electron chi connectivity index (χ3n) is 12.8. The van der Waals surface area contributed by atoms with E-state index in [4.69, 9.17) is 20.5 Å². The van der Waals surface area contributed by atoms with E-state index in [0.717, 1.165) is 23.7 Å². The first kappa shape index (κ1) is 19.1. The van der Waals surface area contributed by atoms with Crippen LogP contribution in [0.15, 0.2) is 0 Å². The van der Waals surface area contributed by atoms with Crippen LogP contribution in [0.2, 0.25) is 5.31 Å². The highest BCUT2D eigenvalue weighted by molar-refractivity contribution is 7.82. The molecule has 9 atom stereocenters. The molecule has 6 rings (SSSR count). The second kappa shape index (κ2) is 4.34. The van der Waals surface area contributed by atoms with Crippen molar-refractivity contribution in [2.24, 2.45) is 56.2 Å². The Morgan fingerprint density at radius 2 is 1.36 bits per heavy atom. The van der Waals surface area contributed by atoms with Crippen LogP contribution < -0.4 is 0 Å². The van der Waals surface area contributed by atoms with Crippen molar-refractivity contribution in [3.63, 3.8) is 0 Å². The highest BCUT2D eigenvalue weighted by atomic mass is 32.1. The molecular formula is C26H41BS. The molecule has 0 nitrogen and oxygen atoms in total. The van der Waals surface area contributed by atoms with Crippen LogP contribution in [0, 0.1) is 56.2 Å².